The molecule has 2 saturated heterocycles. The van der Waals surface area contributed by atoms with Crippen LogP contribution >= 0.6 is 0 Å². The molecule has 0 saturated carbocycles. The Morgan fingerprint density at radius 3 is 1.49 bits per heavy atom. The second-order valence-corrected chi connectivity index (χ2v) is 21.8. The summed E-state index contributed by atoms with van der Waals surface area (Å²) < 4.78 is 3.68. The Morgan fingerprint density at radius 2 is 1.02 bits per heavy atom. The first-order valence-electron chi connectivity index (χ1n) is 28.9. The largest absolute Gasteiger partial charge is 0.335 e. The zero-order valence-corrected chi connectivity index (χ0v) is 47.9. The van der Waals surface area contributed by atoms with Crippen molar-refractivity contribution in [2.75, 3.05) is 31.5 Å². The van der Waals surface area contributed by atoms with Gasteiger partial charge in [0.15, 0.2) is 22.6 Å². The summed E-state index contributed by atoms with van der Waals surface area (Å²) in [6.45, 7) is 9.78. The summed E-state index contributed by atoms with van der Waals surface area (Å²) in [6.07, 6.45) is 15.7. The smallest absolute Gasteiger partial charge is 0.319 e. The number of nitrogens with two attached hydrogens (primary N) is 1. The first-order valence-corrected chi connectivity index (χ1v) is 28.9. The summed E-state index contributed by atoms with van der Waals surface area (Å²) in [6, 6.07) is 53.8. The quantitative estimate of drug-likeness (QED) is 0.0813. The van der Waals surface area contributed by atoms with Gasteiger partial charge in [0.1, 0.15) is 0 Å². The van der Waals surface area contributed by atoms with E-state index < -0.39 is 0 Å². The number of anilines is 1. The summed E-state index contributed by atoms with van der Waals surface area (Å²) in [5.41, 5.74) is 23.4. The van der Waals surface area contributed by atoms with Crippen molar-refractivity contribution in [2.45, 2.75) is 64.7 Å². The second-order valence-electron chi connectivity index (χ2n) is 21.8. The Kier molecular flexibility index (Phi) is 17.1. The molecule has 18 heteroatoms. The molecule has 0 unspecified atom stereocenters. The number of amides is 2. The van der Waals surface area contributed by atoms with Crippen molar-refractivity contribution in [1.82, 2.24) is 64.2 Å². The van der Waals surface area contributed by atoms with Gasteiger partial charge in [-0.3, -0.25) is 19.8 Å². The lowest BCUT2D eigenvalue weighted by Gasteiger charge is -2.32. The van der Waals surface area contributed by atoms with Gasteiger partial charge >= 0.3 is 6.03 Å². The van der Waals surface area contributed by atoms with Crippen molar-refractivity contribution in [3.63, 3.8) is 0 Å². The van der Waals surface area contributed by atoms with Crippen LogP contribution in [0.3, 0.4) is 0 Å². The number of aryl methyl sites for hydroxylation is 2. The molecule has 0 radical (unpaired) electrons. The van der Waals surface area contributed by atoms with E-state index in [1.807, 2.05) is 59.5 Å². The summed E-state index contributed by atoms with van der Waals surface area (Å²) in [5, 5.41) is 17.2. The highest BCUT2D eigenvalue weighted by atomic mass is 16.2. The Balaban J connectivity index is 0.000000150. The number of aliphatic imine (C=N–C) groups is 1. The van der Waals surface area contributed by atoms with Crippen LogP contribution in [0, 0.1) is 13.8 Å². The maximum atomic E-state index is 12.4. The third-order valence-corrected chi connectivity index (χ3v) is 15.5. The zero-order valence-electron chi connectivity index (χ0n) is 47.9. The van der Waals surface area contributed by atoms with Gasteiger partial charge in [-0.1, -0.05) is 109 Å². The standard InChI is InChI=1S/C34H32N8O.C28H28N6.C6H4N2O/c1-23-19-31-36-21-27-20-30(25-5-3-2-4-6-25)32(39-33(27)42(31)40-23)26-9-7-24(8-10-26)22-41-17-13-29(14-18-41)38-34(43)37-28-11-15-35-16-12-28;1-19-15-26-30-17-23-16-25(21-5-3-2-4-6-21)27(31-28(23)34(26)32-19)22-9-7-20(8-10-22)18-33-13-11-24(29)12-14-33;9-5-8-6-1-3-7-4-2-6/h2-12,15-16,19-21,29H,13-14,17-18,22H2,1H3,(H2,35,37,38,43);2-10,15-17,24H,11-14,18,29H2,1H3;1-4H. The van der Waals surface area contributed by atoms with Gasteiger partial charge in [0, 0.05) is 126 Å². The Hall–Kier alpha value is -10.2. The zero-order chi connectivity index (χ0) is 58.8. The SMILES string of the molecule is Cc1cc2ncc3cc(-c4ccccc4)c(-c4ccc(CN5CCC(N)CC5)cc4)nc3n2n1.Cc1cc2ncc3cc(-c4ccccc4)c(-c4ccc(CN5CCC(NC(=O)Nc6ccncc6)CC5)cc4)nc3n2n1.O=C=Nc1ccncc1. The van der Waals surface area contributed by atoms with Crippen LogP contribution in [0.2, 0.25) is 0 Å². The van der Waals surface area contributed by atoms with Gasteiger partial charge in [-0.15, -0.1) is 0 Å². The average Bonchev–Trinajstić information content (AvgIpc) is 2.63. The number of nitrogens with one attached hydrogen (secondary N) is 2. The molecule has 86 heavy (non-hydrogen) atoms. The van der Waals surface area contributed by atoms with E-state index in [0.717, 1.165) is 160 Å². The summed E-state index contributed by atoms with van der Waals surface area (Å²) in [7, 11) is 0. The van der Waals surface area contributed by atoms with Crippen molar-refractivity contribution < 1.29 is 9.59 Å². The predicted octanol–water partition coefficient (Wildman–Crippen LogP) is 12.0. The predicted molar refractivity (Wildman–Crippen MR) is 337 cm³/mol. The number of hydrogen-bond donors (Lipinski definition) is 3. The van der Waals surface area contributed by atoms with Gasteiger partial charge in [-0.2, -0.15) is 24.2 Å². The molecule has 2 amide bonds. The maximum Gasteiger partial charge on any atom is 0.319 e. The monoisotopic (exact) mass is 1140 g/mol. The molecule has 0 bridgehead atoms. The first kappa shape index (κ1) is 56.3. The minimum Gasteiger partial charge on any atom is -0.335 e. The molecule has 18 nitrogen and oxygen atoms in total. The fourth-order valence-electron chi connectivity index (χ4n) is 11.1. The van der Waals surface area contributed by atoms with Gasteiger partial charge < -0.3 is 16.4 Å². The van der Waals surface area contributed by atoms with Crippen LogP contribution in [0.1, 0.15) is 48.2 Å². The van der Waals surface area contributed by atoms with Crippen LogP contribution in [-0.2, 0) is 17.9 Å². The second kappa shape index (κ2) is 26.1. The van der Waals surface area contributed by atoms with E-state index in [0.29, 0.717) is 11.7 Å². The lowest BCUT2D eigenvalue weighted by Crippen LogP contribution is -2.45. The van der Waals surface area contributed by atoms with E-state index in [1.165, 1.54) is 17.2 Å². The molecule has 0 atom stereocenters. The number of carbonyl (C=O) groups is 1. The van der Waals surface area contributed by atoms with Crippen LogP contribution in [0.25, 0.3) is 78.1 Å². The van der Waals surface area contributed by atoms with E-state index in [4.69, 9.17) is 15.7 Å². The molecule has 4 aromatic carbocycles. The van der Waals surface area contributed by atoms with Gasteiger partial charge in [0.2, 0.25) is 6.08 Å². The Morgan fingerprint density at radius 1 is 0.570 bits per heavy atom. The highest BCUT2D eigenvalue weighted by molar-refractivity contribution is 5.92. The summed E-state index contributed by atoms with van der Waals surface area (Å²) in [4.78, 5) is 57.6. The fourth-order valence-corrected chi connectivity index (χ4v) is 11.1. The molecule has 2 aliphatic rings. The number of pyridine rings is 4. The summed E-state index contributed by atoms with van der Waals surface area (Å²) in [5.74, 6) is 0. The maximum absolute atomic E-state index is 12.4. The molecule has 8 aromatic heterocycles. The van der Waals surface area contributed by atoms with Gasteiger partial charge in [-0.05, 0) is 111 Å². The molecule has 14 rings (SSSR count). The first-order chi connectivity index (χ1) is 42.2. The molecule has 2 fully saturated rings. The van der Waals surface area contributed by atoms with E-state index in [1.54, 1.807) is 49.1 Å². The van der Waals surface area contributed by atoms with Crippen molar-refractivity contribution in [1.29, 1.82) is 0 Å². The number of likely N-dealkylation sites (tertiary alicyclic amines) is 2. The Labute approximate surface area is 497 Å². The van der Waals surface area contributed by atoms with Crippen molar-refractivity contribution in [3.8, 4) is 44.8 Å². The molecule has 2 aliphatic heterocycles. The molecular weight excluding hydrogens is 1070 g/mol. The minimum atomic E-state index is -0.169. The number of hydrogen-bond acceptors (Lipinski definition) is 14. The number of benzene rings is 4. The van der Waals surface area contributed by atoms with Gasteiger partial charge in [0.05, 0.1) is 28.5 Å². The average molecular weight is 1140 g/mol. The molecular formula is C68H64N16O2. The molecule has 10 heterocycles. The molecule has 12 aromatic rings. The third kappa shape index (κ3) is 13.4. The van der Waals surface area contributed by atoms with Crippen LogP contribution < -0.4 is 16.4 Å². The van der Waals surface area contributed by atoms with Crippen LogP contribution in [0.4, 0.5) is 16.2 Å². The third-order valence-electron chi connectivity index (χ3n) is 15.5. The topological polar surface area (TPSA) is 215 Å². The molecule has 428 valence electrons. The Bertz CT molecular complexity index is 4310. The number of urea groups is 1. The van der Waals surface area contributed by atoms with Gasteiger partial charge in [0.25, 0.3) is 0 Å². The van der Waals surface area contributed by atoms with Crippen molar-refractivity contribution in [2.24, 2.45) is 10.7 Å². The molecule has 0 spiro atoms. The van der Waals surface area contributed by atoms with Crippen molar-refractivity contribution >= 4 is 56.8 Å². The molecule has 4 N–H and O–H groups in total. The normalized spacial score (nSPS) is 14.0. The summed E-state index contributed by atoms with van der Waals surface area (Å²) >= 11 is 0. The van der Waals surface area contributed by atoms with E-state index in [2.05, 4.69) is 165 Å². The number of piperidine rings is 2. The van der Waals surface area contributed by atoms with Crippen LogP contribution in [-0.4, -0.2) is 109 Å². The highest BCUT2D eigenvalue weighted by Crippen LogP contribution is 2.36. The number of nitrogens with zero attached hydrogens (tertiary/aromatic N) is 13. The number of aromatic nitrogens is 10. The number of isocyanates is 1. The van der Waals surface area contributed by atoms with Crippen molar-refractivity contribution in [3.05, 3.63) is 217 Å². The minimum absolute atomic E-state index is 0.163. The number of rotatable bonds is 11. The fraction of sp³-hybridized carbons (Fsp3) is 0.206. The van der Waals surface area contributed by atoms with Crippen LogP contribution in [0.5, 0.6) is 0 Å². The highest BCUT2D eigenvalue weighted by Gasteiger charge is 2.23. The van der Waals surface area contributed by atoms with Crippen LogP contribution in [0.15, 0.2) is 200 Å². The van der Waals surface area contributed by atoms with E-state index in [-0.39, 0.29) is 12.1 Å². The molecule has 0 aliphatic carbocycles. The lowest BCUT2D eigenvalue weighted by atomic mass is 9.97. The lowest BCUT2D eigenvalue weighted by molar-refractivity contribution is 0.190. The van der Waals surface area contributed by atoms with E-state index in [9.17, 15) is 9.59 Å². The number of carbonyl (C=O) groups excluding carboxylic acids is 2. The van der Waals surface area contributed by atoms with Gasteiger partial charge in [-0.25, -0.2) is 29.5 Å². The number of fused-ring (bicyclic) bond motifs is 6. The van der Waals surface area contributed by atoms with E-state index >= 15 is 0 Å².